The van der Waals surface area contributed by atoms with E-state index in [2.05, 4.69) is 46.9 Å². The van der Waals surface area contributed by atoms with E-state index in [1.807, 2.05) is 30.5 Å². The Hall–Kier alpha value is -1.35. The van der Waals surface area contributed by atoms with Gasteiger partial charge in [-0.2, -0.15) is 0 Å². The number of hydrogen-bond acceptors (Lipinski definition) is 2. The summed E-state index contributed by atoms with van der Waals surface area (Å²) < 4.78 is 6.70. The van der Waals surface area contributed by atoms with Crippen LogP contribution in [0, 0.1) is 0 Å². The molecule has 0 N–H and O–H groups in total. The van der Waals surface area contributed by atoms with Crippen LogP contribution in [-0.4, -0.2) is 4.98 Å². The molecule has 0 bridgehead atoms. The number of pyridine rings is 1. The molecule has 0 unspecified atom stereocenters. The van der Waals surface area contributed by atoms with Gasteiger partial charge in [-0.05, 0) is 27.4 Å². The zero-order valence-corrected chi connectivity index (χ0v) is 12.1. The van der Waals surface area contributed by atoms with E-state index in [4.69, 9.17) is 4.74 Å². The van der Waals surface area contributed by atoms with Crippen molar-refractivity contribution >= 4 is 15.9 Å². The first-order chi connectivity index (χ1) is 8.66. The lowest BCUT2D eigenvalue weighted by molar-refractivity contribution is 0.301. The van der Waals surface area contributed by atoms with Crippen LogP contribution >= 0.6 is 15.9 Å². The second-order valence-electron chi connectivity index (χ2n) is 4.47. The highest BCUT2D eigenvalue weighted by Gasteiger charge is 2.09. The minimum atomic E-state index is 0.399. The van der Waals surface area contributed by atoms with Gasteiger partial charge >= 0.3 is 0 Å². The molecule has 0 amide bonds. The highest BCUT2D eigenvalue weighted by Crippen LogP contribution is 2.28. The van der Waals surface area contributed by atoms with Gasteiger partial charge in [0.05, 0.1) is 0 Å². The van der Waals surface area contributed by atoms with Crippen molar-refractivity contribution in [2.45, 2.75) is 26.4 Å². The molecule has 0 saturated carbocycles. The van der Waals surface area contributed by atoms with Crippen LogP contribution in [0.2, 0.25) is 0 Å². The number of hydrogen-bond donors (Lipinski definition) is 0. The van der Waals surface area contributed by atoms with Gasteiger partial charge in [0.15, 0.2) is 0 Å². The summed E-state index contributed by atoms with van der Waals surface area (Å²) >= 11 is 3.38. The zero-order chi connectivity index (χ0) is 13.0. The molecule has 0 saturated heterocycles. The van der Waals surface area contributed by atoms with Crippen LogP contribution in [0.4, 0.5) is 0 Å². The number of halogens is 1. The molecular formula is C15H16BrNO. The molecule has 18 heavy (non-hydrogen) atoms. The second kappa shape index (κ2) is 6.01. The molecule has 1 aromatic heterocycles. The summed E-state index contributed by atoms with van der Waals surface area (Å²) in [6.45, 7) is 4.86. The van der Waals surface area contributed by atoms with Crippen molar-refractivity contribution in [3.8, 4) is 5.75 Å². The van der Waals surface area contributed by atoms with Crippen molar-refractivity contribution in [1.29, 1.82) is 0 Å². The molecule has 0 aliphatic heterocycles. The van der Waals surface area contributed by atoms with Gasteiger partial charge in [-0.3, -0.25) is 0 Å². The summed E-state index contributed by atoms with van der Waals surface area (Å²) in [6, 6.07) is 12.1. The first kappa shape index (κ1) is 13.1. The van der Waals surface area contributed by atoms with Crippen LogP contribution < -0.4 is 4.74 Å². The topological polar surface area (TPSA) is 22.1 Å². The minimum Gasteiger partial charge on any atom is -0.488 e. The molecule has 2 nitrogen and oxygen atoms in total. The lowest BCUT2D eigenvalue weighted by Crippen LogP contribution is -2.00. The van der Waals surface area contributed by atoms with E-state index < -0.39 is 0 Å². The Morgan fingerprint density at radius 2 is 1.94 bits per heavy atom. The molecule has 3 heteroatoms. The van der Waals surface area contributed by atoms with Gasteiger partial charge in [0.1, 0.15) is 17.0 Å². The minimum absolute atomic E-state index is 0.399. The Kier molecular flexibility index (Phi) is 4.37. The summed E-state index contributed by atoms with van der Waals surface area (Å²) in [5.74, 6) is 1.30. The van der Waals surface area contributed by atoms with Crippen molar-refractivity contribution in [3.63, 3.8) is 0 Å². The molecular weight excluding hydrogens is 290 g/mol. The van der Waals surface area contributed by atoms with Crippen LogP contribution in [0.1, 0.15) is 30.9 Å². The van der Waals surface area contributed by atoms with E-state index in [1.54, 1.807) is 0 Å². The quantitative estimate of drug-likeness (QED) is 0.773. The molecule has 0 atom stereocenters. The fourth-order valence-corrected chi connectivity index (χ4v) is 2.03. The predicted octanol–water partition coefficient (Wildman–Crippen LogP) is 4.55. The maximum absolute atomic E-state index is 5.90. The van der Waals surface area contributed by atoms with Gasteiger partial charge in [-0.25, -0.2) is 4.98 Å². The van der Waals surface area contributed by atoms with Crippen molar-refractivity contribution < 1.29 is 4.74 Å². The Balaban J connectivity index is 2.15. The smallest absolute Gasteiger partial charge is 0.127 e. The molecule has 94 valence electrons. The number of rotatable bonds is 4. The summed E-state index contributed by atoms with van der Waals surface area (Å²) in [7, 11) is 0. The Morgan fingerprint density at radius 1 is 1.22 bits per heavy atom. The Bertz CT molecular complexity index is 511. The Morgan fingerprint density at radius 3 is 2.61 bits per heavy atom. The fourth-order valence-electron chi connectivity index (χ4n) is 1.72. The molecule has 2 aromatic rings. The third kappa shape index (κ3) is 3.33. The molecule has 0 aliphatic rings. The maximum Gasteiger partial charge on any atom is 0.127 e. The highest BCUT2D eigenvalue weighted by molar-refractivity contribution is 9.10. The van der Waals surface area contributed by atoms with E-state index in [0.717, 1.165) is 15.9 Å². The third-order valence-electron chi connectivity index (χ3n) is 2.72. The van der Waals surface area contributed by atoms with Crippen LogP contribution in [0.15, 0.2) is 47.2 Å². The van der Waals surface area contributed by atoms with E-state index in [9.17, 15) is 0 Å². The molecule has 0 aliphatic carbocycles. The summed E-state index contributed by atoms with van der Waals surface area (Å²) in [5.41, 5.74) is 2.30. The Labute approximate surface area is 116 Å². The molecule has 0 fully saturated rings. The van der Waals surface area contributed by atoms with E-state index in [-0.39, 0.29) is 0 Å². The third-order valence-corrected chi connectivity index (χ3v) is 3.15. The first-order valence-electron chi connectivity index (χ1n) is 5.99. The fraction of sp³-hybridized carbons (Fsp3) is 0.267. The van der Waals surface area contributed by atoms with E-state index in [1.165, 1.54) is 5.56 Å². The van der Waals surface area contributed by atoms with Crippen LogP contribution in [0.25, 0.3) is 0 Å². The average Bonchev–Trinajstić information content (AvgIpc) is 2.37. The number of benzene rings is 1. The van der Waals surface area contributed by atoms with Crippen LogP contribution in [-0.2, 0) is 6.61 Å². The predicted molar refractivity (Wildman–Crippen MR) is 76.8 cm³/mol. The molecule has 0 radical (unpaired) electrons. The lowest BCUT2D eigenvalue weighted by atomic mass is 10.1. The van der Waals surface area contributed by atoms with Crippen molar-refractivity contribution in [1.82, 2.24) is 4.98 Å². The second-order valence-corrected chi connectivity index (χ2v) is 5.29. The molecule has 0 spiro atoms. The number of ether oxygens (including phenoxy) is 1. The number of nitrogens with zero attached hydrogens (tertiary/aromatic N) is 1. The lowest BCUT2D eigenvalue weighted by Gasteiger charge is -2.14. The summed E-state index contributed by atoms with van der Waals surface area (Å²) in [4.78, 5) is 4.25. The van der Waals surface area contributed by atoms with Crippen LogP contribution in [0.5, 0.6) is 5.75 Å². The summed E-state index contributed by atoms with van der Waals surface area (Å²) in [5, 5.41) is 0. The van der Waals surface area contributed by atoms with Crippen molar-refractivity contribution in [2.75, 3.05) is 0 Å². The van der Waals surface area contributed by atoms with E-state index in [0.29, 0.717) is 12.5 Å². The van der Waals surface area contributed by atoms with Crippen molar-refractivity contribution in [3.05, 3.63) is 58.3 Å². The van der Waals surface area contributed by atoms with Gasteiger partial charge in [-0.15, -0.1) is 0 Å². The normalized spacial score (nSPS) is 10.7. The maximum atomic E-state index is 5.90. The van der Waals surface area contributed by atoms with E-state index >= 15 is 0 Å². The largest absolute Gasteiger partial charge is 0.488 e. The summed E-state index contributed by atoms with van der Waals surface area (Å²) in [6.07, 6.45) is 1.87. The highest BCUT2D eigenvalue weighted by atomic mass is 79.9. The monoisotopic (exact) mass is 305 g/mol. The average molecular weight is 306 g/mol. The molecule has 1 heterocycles. The van der Waals surface area contributed by atoms with Gasteiger partial charge < -0.3 is 4.74 Å². The van der Waals surface area contributed by atoms with Crippen LogP contribution in [0.3, 0.4) is 0 Å². The van der Waals surface area contributed by atoms with Gasteiger partial charge in [-0.1, -0.05) is 44.2 Å². The van der Waals surface area contributed by atoms with Gasteiger partial charge in [0.25, 0.3) is 0 Å². The standard InChI is InChI=1S/C15H16BrNO/c1-11(2)13-9-17-15(16)8-14(13)18-10-12-6-4-3-5-7-12/h3-9,11H,10H2,1-2H3. The molecule has 1 aromatic carbocycles. The zero-order valence-electron chi connectivity index (χ0n) is 10.6. The number of aromatic nitrogens is 1. The van der Waals surface area contributed by atoms with Gasteiger partial charge in [0.2, 0.25) is 0 Å². The van der Waals surface area contributed by atoms with Crippen molar-refractivity contribution in [2.24, 2.45) is 0 Å². The van der Waals surface area contributed by atoms with Gasteiger partial charge in [0, 0.05) is 17.8 Å². The molecule has 2 rings (SSSR count). The SMILES string of the molecule is CC(C)c1cnc(Br)cc1OCc1ccccc1. The first-order valence-corrected chi connectivity index (χ1v) is 6.78.